The molecule has 0 aliphatic heterocycles. The maximum Gasteiger partial charge on any atom is 0.426 e. The molecule has 0 aromatic heterocycles. The van der Waals surface area contributed by atoms with Crippen molar-refractivity contribution in [1.82, 2.24) is 0 Å². The molecule has 0 bridgehead atoms. The molecule has 1 nitrogen and oxygen atoms in total. The van der Waals surface area contributed by atoms with Gasteiger partial charge in [0.05, 0.1) is 0 Å². The Hall–Kier alpha value is -0.460. The van der Waals surface area contributed by atoms with Crippen LogP contribution in [0, 0.1) is 17.8 Å². The van der Waals surface area contributed by atoms with Gasteiger partial charge in [0.2, 0.25) is 0 Å². The Morgan fingerprint density at radius 3 is 1.67 bits per heavy atom. The van der Waals surface area contributed by atoms with Crippen LogP contribution in [-0.4, -0.2) is 23.1 Å². The zero-order valence-electron chi connectivity index (χ0n) is 12.2. The molecule has 1 aliphatic rings. The molecular weight excluding hydrogens is 298 g/mol. The zero-order chi connectivity index (χ0) is 16.5. The Morgan fingerprint density at radius 1 is 0.905 bits per heavy atom. The first-order valence-corrected chi connectivity index (χ1v) is 7.26. The largest absolute Gasteiger partial charge is 0.426 e. The lowest BCUT2D eigenvalue weighted by atomic mass is 9.70. The van der Waals surface area contributed by atoms with E-state index in [1.807, 2.05) is 0 Å². The number of alkyl halides is 6. The highest BCUT2D eigenvalue weighted by atomic mass is 19.4. The molecule has 1 saturated carbocycles. The van der Waals surface area contributed by atoms with Gasteiger partial charge >= 0.3 is 12.4 Å². The van der Waals surface area contributed by atoms with E-state index in [0.717, 1.165) is 19.3 Å². The number of halogens is 6. The summed E-state index contributed by atoms with van der Waals surface area (Å²) in [4.78, 5) is 0. The van der Waals surface area contributed by atoms with E-state index >= 15 is 0 Å². The molecule has 0 heterocycles. The van der Waals surface area contributed by atoms with E-state index in [9.17, 15) is 31.4 Å². The number of hydrogen-bond donors (Lipinski definition) is 1. The van der Waals surface area contributed by atoms with Gasteiger partial charge < -0.3 is 5.11 Å². The van der Waals surface area contributed by atoms with Crippen LogP contribution in [0.4, 0.5) is 26.3 Å². The van der Waals surface area contributed by atoms with Crippen LogP contribution in [0.2, 0.25) is 0 Å². The van der Waals surface area contributed by atoms with Crippen molar-refractivity contribution in [2.45, 2.75) is 70.3 Å². The maximum absolute atomic E-state index is 12.8. The second-order valence-electron chi connectivity index (χ2n) is 6.37. The fraction of sp³-hybridized carbons (Fsp3) is 1.00. The number of aliphatic hydroxyl groups is 1. The molecule has 0 aromatic rings. The van der Waals surface area contributed by atoms with Gasteiger partial charge in [-0.05, 0) is 24.2 Å². The first-order chi connectivity index (χ1) is 9.40. The fourth-order valence-corrected chi connectivity index (χ4v) is 3.24. The third-order valence-electron chi connectivity index (χ3n) is 4.58. The van der Waals surface area contributed by atoms with Gasteiger partial charge in [-0.1, -0.05) is 46.0 Å². The van der Waals surface area contributed by atoms with Crippen molar-refractivity contribution in [2.75, 3.05) is 0 Å². The van der Waals surface area contributed by atoms with Gasteiger partial charge in [-0.3, -0.25) is 0 Å². The molecular formula is C14H22F6O. The van der Waals surface area contributed by atoms with Crippen molar-refractivity contribution >= 4 is 0 Å². The van der Waals surface area contributed by atoms with E-state index in [4.69, 9.17) is 0 Å². The molecule has 21 heavy (non-hydrogen) atoms. The Kier molecular flexibility index (Phi) is 5.61. The molecule has 1 aliphatic carbocycles. The molecule has 1 fully saturated rings. The van der Waals surface area contributed by atoms with Crippen LogP contribution in [0.25, 0.3) is 0 Å². The van der Waals surface area contributed by atoms with Gasteiger partial charge in [-0.25, -0.2) is 0 Å². The summed E-state index contributed by atoms with van der Waals surface area (Å²) in [7, 11) is 0. The quantitative estimate of drug-likeness (QED) is 0.716. The molecule has 0 amide bonds. The number of hydrogen-bond acceptors (Lipinski definition) is 1. The van der Waals surface area contributed by atoms with Crippen molar-refractivity contribution in [3.63, 3.8) is 0 Å². The molecule has 0 saturated heterocycles. The average Bonchev–Trinajstić information content (AvgIpc) is 2.33. The lowest BCUT2D eigenvalue weighted by molar-refractivity contribution is -0.374. The van der Waals surface area contributed by atoms with Crippen molar-refractivity contribution < 1.29 is 31.4 Å². The SMILES string of the molecule is CC(C)C(CC(O)(C(F)(F)F)C(F)(F)F)C1CCCCC1. The summed E-state index contributed by atoms with van der Waals surface area (Å²) in [6, 6.07) is 0. The molecule has 0 aromatic carbocycles. The lowest BCUT2D eigenvalue weighted by Crippen LogP contribution is -2.58. The first-order valence-electron chi connectivity index (χ1n) is 7.26. The minimum absolute atomic E-state index is 0.185. The summed E-state index contributed by atoms with van der Waals surface area (Å²) in [5.41, 5.74) is -4.62. The Bertz CT molecular complexity index is 313. The first kappa shape index (κ1) is 18.6. The smallest absolute Gasteiger partial charge is 0.374 e. The summed E-state index contributed by atoms with van der Waals surface area (Å²) in [5.74, 6) is -1.32. The topological polar surface area (TPSA) is 20.2 Å². The minimum Gasteiger partial charge on any atom is -0.374 e. The number of rotatable bonds is 4. The summed E-state index contributed by atoms with van der Waals surface area (Å²) in [5, 5.41) is 9.38. The third kappa shape index (κ3) is 4.05. The highest BCUT2D eigenvalue weighted by Crippen LogP contribution is 2.50. The maximum atomic E-state index is 12.8. The van der Waals surface area contributed by atoms with Gasteiger partial charge in [0.1, 0.15) is 0 Å². The van der Waals surface area contributed by atoms with Crippen LogP contribution < -0.4 is 0 Å². The molecule has 126 valence electrons. The minimum atomic E-state index is -5.72. The van der Waals surface area contributed by atoms with Crippen molar-refractivity contribution in [1.29, 1.82) is 0 Å². The van der Waals surface area contributed by atoms with Gasteiger partial charge in [0.15, 0.2) is 0 Å². The highest BCUT2D eigenvalue weighted by molar-refractivity contribution is 4.97. The predicted molar refractivity (Wildman–Crippen MR) is 66.6 cm³/mol. The summed E-state index contributed by atoms with van der Waals surface area (Å²) < 4.78 is 76.9. The van der Waals surface area contributed by atoms with Crippen LogP contribution in [0.1, 0.15) is 52.4 Å². The van der Waals surface area contributed by atoms with Gasteiger partial charge in [-0.15, -0.1) is 0 Å². The standard InChI is InChI=1S/C14H22F6O/c1-9(2)11(10-6-4-3-5-7-10)8-12(21,13(15,16)17)14(18,19)20/h9-11,21H,3-8H2,1-2H3. The van der Waals surface area contributed by atoms with Crippen molar-refractivity contribution in [3.8, 4) is 0 Å². The normalized spacial score (nSPS) is 20.9. The van der Waals surface area contributed by atoms with E-state index in [0.29, 0.717) is 12.8 Å². The summed E-state index contributed by atoms with van der Waals surface area (Å²) >= 11 is 0. The van der Waals surface area contributed by atoms with Crippen LogP contribution >= 0.6 is 0 Å². The molecule has 7 heteroatoms. The van der Waals surface area contributed by atoms with Crippen LogP contribution in [0.5, 0.6) is 0 Å². The van der Waals surface area contributed by atoms with Crippen molar-refractivity contribution in [3.05, 3.63) is 0 Å². The van der Waals surface area contributed by atoms with E-state index in [-0.39, 0.29) is 11.8 Å². The Morgan fingerprint density at radius 2 is 1.33 bits per heavy atom. The molecule has 0 spiro atoms. The molecule has 1 atom stereocenters. The van der Waals surface area contributed by atoms with Gasteiger partial charge in [0, 0.05) is 0 Å². The Balaban J connectivity index is 3.03. The second kappa shape index (κ2) is 6.34. The average molecular weight is 320 g/mol. The summed E-state index contributed by atoms with van der Waals surface area (Å²) in [6.45, 7) is 3.24. The molecule has 1 unspecified atom stereocenters. The van der Waals surface area contributed by atoms with E-state index in [2.05, 4.69) is 0 Å². The van der Waals surface area contributed by atoms with Crippen LogP contribution in [0.15, 0.2) is 0 Å². The van der Waals surface area contributed by atoms with E-state index in [1.165, 1.54) is 0 Å². The molecule has 1 rings (SSSR count). The second-order valence-corrected chi connectivity index (χ2v) is 6.37. The predicted octanol–water partition coefficient (Wildman–Crippen LogP) is 5.08. The van der Waals surface area contributed by atoms with Gasteiger partial charge in [-0.2, -0.15) is 26.3 Å². The Labute approximate surface area is 120 Å². The monoisotopic (exact) mass is 320 g/mol. The van der Waals surface area contributed by atoms with Crippen LogP contribution in [-0.2, 0) is 0 Å². The van der Waals surface area contributed by atoms with Crippen molar-refractivity contribution in [2.24, 2.45) is 17.8 Å². The van der Waals surface area contributed by atoms with Gasteiger partial charge in [0.25, 0.3) is 5.60 Å². The molecule has 0 radical (unpaired) electrons. The van der Waals surface area contributed by atoms with Crippen LogP contribution in [0.3, 0.4) is 0 Å². The van der Waals surface area contributed by atoms with E-state index in [1.54, 1.807) is 13.8 Å². The fourth-order valence-electron chi connectivity index (χ4n) is 3.24. The third-order valence-corrected chi connectivity index (χ3v) is 4.58. The zero-order valence-corrected chi connectivity index (χ0v) is 12.2. The molecule has 1 N–H and O–H groups in total. The summed E-state index contributed by atoms with van der Waals surface area (Å²) in [6.07, 6.45) is -8.86. The lowest BCUT2D eigenvalue weighted by Gasteiger charge is -2.40. The highest BCUT2D eigenvalue weighted by Gasteiger charge is 2.70. The van der Waals surface area contributed by atoms with E-state index < -0.39 is 30.3 Å².